The number of carbonyl (C=O) groups excluding carboxylic acids is 2. The van der Waals surface area contributed by atoms with Crippen molar-refractivity contribution in [1.82, 2.24) is 19.4 Å². The molecule has 2 aromatic rings. The van der Waals surface area contributed by atoms with E-state index in [1.54, 1.807) is 28.5 Å². The van der Waals surface area contributed by atoms with E-state index in [-0.39, 0.29) is 30.0 Å². The van der Waals surface area contributed by atoms with E-state index in [0.717, 1.165) is 42.5 Å². The monoisotopic (exact) mass is 400 g/mol. The van der Waals surface area contributed by atoms with Gasteiger partial charge in [-0.3, -0.25) is 14.2 Å². The van der Waals surface area contributed by atoms with Gasteiger partial charge in [0.25, 0.3) is 0 Å². The second-order valence-corrected chi connectivity index (χ2v) is 8.22. The van der Waals surface area contributed by atoms with Crippen molar-refractivity contribution >= 4 is 22.8 Å². The lowest BCUT2D eigenvalue weighted by atomic mass is 9.81. The van der Waals surface area contributed by atoms with Crippen molar-refractivity contribution in [1.29, 1.82) is 0 Å². The number of likely N-dealkylation sites (N-methyl/N-ethyl adjacent to an activating group) is 1. The summed E-state index contributed by atoms with van der Waals surface area (Å²) in [5.74, 6) is 1.19. The number of amides is 2. The third-order valence-corrected chi connectivity index (χ3v) is 6.39. The average Bonchev–Trinajstić information content (AvgIpc) is 3.04. The summed E-state index contributed by atoms with van der Waals surface area (Å²) in [5, 5.41) is 0. The third-order valence-electron chi connectivity index (χ3n) is 6.39. The van der Waals surface area contributed by atoms with E-state index < -0.39 is 0 Å². The van der Waals surface area contributed by atoms with Gasteiger partial charge >= 0.3 is 5.69 Å². The molecule has 0 atom stereocenters. The normalized spacial score (nSPS) is 22.9. The molecule has 8 nitrogen and oxygen atoms in total. The number of nitrogens with zero attached hydrogens (tertiary/aromatic N) is 3. The number of imidazole rings is 1. The summed E-state index contributed by atoms with van der Waals surface area (Å²) in [7, 11) is 3.39. The maximum Gasteiger partial charge on any atom is 0.326 e. The first-order valence-electron chi connectivity index (χ1n) is 10.3. The molecule has 1 saturated carbocycles. The van der Waals surface area contributed by atoms with Crippen molar-refractivity contribution in [2.45, 2.75) is 32.2 Å². The summed E-state index contributed by atoms with van der Waals surface area (Å²) in [6.07, 6.45) is 3.43. The van der Waals surface area contributed by atoms with Gasteiger partial charge in [-0.05, 0) is 43.7 Å². The maximum atomic E-state index is 12.8. The Kier molecular flexibility index (Phi) is 5.34. The molecule has 2 aliphatic rings. The number of aromatic amines is 1. The summed E-state index contributed by atoms with van der Waals surface area (Å²) < 4.78 is 7.07. The molecule has 0 bridgehead atoms. The third kappa shape index (κ3) is 3.88. The number of aromatic nitrogens is 2. The molecule has 1 N–H and O–H groups in total. The van der Waals surface area contributed by atoms with Gasteiger partial charge in [-0.2, -0.15) is 0 Å². The van der Waals surface area contributed by atoms with Crippen LogP contribution in [0.3, 0.4) is 0 Å². The van der Waals surface area contributed by atoms with E-state index in [1.165, 1.54) is 0 Å². The van der Waals surface area contributed by atoms with Crippen LogP contribution in [0.2, 0.25) is 0 Å². The smallest absolute Gasteiger partial charge is 0.326 e. The maximum absolute atomic E-state index is 12.8. The van der Waals surface area contributed by atoms with Crippen LogP contribution in [0.1, 0.15) is 25.7 Å². The Hall–Kier alpha value is -2.77. The molecular weight excluding hydrogens is 372 g/mol. The number of methoxy groups -OCH3 is 1. The van der Waals surface area contributed by atoms with Gasteiger partial charge in [0.2, 0.25) is 11.8 Å². The van der Waals surface area contributed by atoms with Gasteiger partial charge in [0.15, 0.2) is 0 Å². The van der Waals surface area contributed by atoms with Crippen molar-refractivity contribution < 1.29 is 14.3 Å². The van der Waals surface area contributed by atoms with Crippen LogP contribution >= 0.6 is 0 Å². The van der Waals surface area contributed by atoms with Crippen LogP contribution in [-0.2, 0) is 16.1 Å². The minimum Gasteiger partial charge on any atom is -0.497 e. The predicted molar refractivity (Wildman–Crippen MR) is 109 cm³/mol. The zero-order chi connectivity index (χ0) is 20.5. The highest BCUT2D eigenvalue weighted by molar-refractivity contribution is 5.87. The molecule has 0 spiro atoms. The molecule has 1 aromatic carbocycles. The van der Waals surface area contributed by atoms with Crippen molar-refractivity contribution in [2.24, 2.45) is 11.8 Å². The largest absolute Gasteiger partial charge is 0.497 e. The number of hydrogen-bond donors (Lipinski definition) is 1. The number of piperazine rings is 1. The second-order valence-electron chi connectivity index (χ2n) is 8.22. The number of ether oxygens (including phenoxy) is 1. The number of H-pyrrole nitrogens is 1. The van der Waals surface area contributed by atoms with Crippen LogP contribution in [0.4, 0.5) is 0 Å². The van der Waals surface area contributed by atoms with Crippen LogP contribution < -0.4 is 10.4 Å². The average molecular weight is 400 g/mol. The fourth-order valence-corrected chi connectivity index (χ4v) is 4.50. The Morgan fingerprint density at radius 3 is 2.62 bits per heavy atom. The van der Waals surface area contributed by atoms with E-state index in [1.807, 2.05) is 18.2 Å². The number of rotatable bonds is 4. The molecule has 1 aliphatic carbocycles. The molecule has 1 aliphatic heterocycles. The van der Waals surface area contributed by atoms with Gasteiger partial charge < -0.3 is 19.5 Å². The van der Waals surface area contributed by atoms with E-state index in [0.29, 0.717) is 25.6 Å². The molecular formula is C21H28N4O4. The number of fused-ring (bicyclic) bond motifs is 1. The van der Waals surface area contributed by atoms with Crippen LogP contribution in [0.25, 0.3) is 11.0 Å². The van der Waals surface area contributed by atoms with Gasteiger partial charge in [0.1, 0.15) is 5.75 Å². The van der Waals surface area contributed by atoms with Crippen LogP contribution in [0.5, 0.6) is 5.75 Å². The fourth-order valence-electron chi connectivity index (χ4n) is 4.50. The number of hydrogen-bond acceptors (Lipinski definition) is 4. The topological polar surface area (TPSA) is 87.6 Å². The molecule has 0 unspecified atom stereocenters. The number of benzene rings is 1. The lowest BCUT2D eigenvalue weighted by Gasteiger charge is -2.36. The second kappa shape index (κ2) is 7.93. The lowest BCUT2D eigenvalue weighted by molar-refractivity contribution is -0.147. The van der Waals surface area contributed by atoms with E-state index in [4.69, 9.17) is 4.74 Å². The number of nitrogens with one attached hydrogen (secondary N) is 1. The van der Waals surface area contributed by atoms with Crippen molar-refractivity contribution in [3.63, 3.8) is 0 Å². The summed E-state index contributed by atoms with van der Waals surface area (Å²) >= 11 is 0. The van der Waals surface area contributed by atoms with Gasteiger partial charge in [-0.25, -0.2) is 4.79 Å². The van der Waals surface area contributed by atoms with Crippen molar-refractivity contribution in [2.75, 3.05) is 33.8 Å². The Bertz CT molecular complexity index is 971. The SMILES string of the molecule is COc1ccc2[nH]c(=O)n(CC3CCC(C(=O)N4CCN(C)C(=O)C4)CC3)c2c1. The van der Waals surface area contributed by atoms with Gasteiger partial charge in [0.05, 0.1) is 24.7 Å². The first-order chi connectivity index (χ1) is 14.0. The zero-order valence-electron chi connectivity index (χ0n) is 17.0. The Morgan fingerprint density at radius 2 is 1.93 bits per heavy atom. The Morgan fingerprint density at radius 1 is 1.17 bits per heavy atom. The molecule has 4 rings (SSSR count). The fraction of sp³-hybridized carbons (Fsp3) is 0.571. The molecule has 156 valence electrons. The first kappa shape index (κ1) is 19.5. The molecule has 2 fully saturated rings. The number of carbonyl (C=O) groups is 2. The standard InChI is InChI=1S/C21H28N4O4/c1-23-9-10-24(13-19(23)26)20(27)15-5-3-14(4-6-15)12-25-18-11-16(29-2)7-8-17(18)22-21(25)28/h7-8,11,14-15H,3-6,9-10,12-13H2,1-2H3,(H,22,28). The van der Waals surface area contributed by atoms with E-state index in [9.17, 15) is 14.4 Å². The minimum absolute atomic E-state index is 0.00688. The molecule has 1 saturated heterocycles. The van der Waals surface area contributed by atoms with Crippen LogP contribution in [0, 0.1) is 11.8 Å². The summed E-state index contributed by atoms with van der Waals surface area (Å²) in [6, 6.07) is 5.58. The van der Waals surface area contributed by atoms with Crippen LogP contribution in [0.15, 0.2) is 23.0 Å². The van der Waals surface area contributed by atoms with Gasteiger partial charge in [-0.15, -0.1) is 0 Å². The Labute approximate surface area is 169 Å². The van der Waals surface area contributed by atoms with Gasteiger partial charge in [-0.1, -0.05) is 0 Å². The lowest BCUT2D eigenvalue weighted by Crippen LogP contribution is -2.52. The van der Waals surface area contributed by atoms with E-state index >= 15 is 0 Å². The van der Waals surface area contributed by atoms with Crippen LogP contribution in [-0.4, -0.2) is 65.0 Å². The van der Waals surface area contributed by atoms with E-state index in [2.05, 4.69) is 4.98 Å². The molecule has 8 heteroatoms. The highest BCUT2D eigenvalue weighted by Crippen LogP contribution is 2.32. The van der Waals surface area contributed by atoms with Crippen molar-refractivity contribution in [3.05, 3.63) is 28.7 Å². The molecule has 2 heterocycles. The highest BCUT2D eigenvalue weighted by Gasteiger charge is 2.33. The van der Waals surface area contributed by atoms with Crippen molar-refractivity contribution in [3.8, 4) is 5.75 Å². The summed E-state index contributed by atoms with van der Waals surface area (Å²) in [4.78, 5) is 43.4. The minimum atomic E-state index is -0.109. The zero-order valence-corrected chi connectivity index (χ0v) is 17.0. The van der Waals surface area contributed by atoms with Gasteiger partial charge in [0, 0.05) is 38.7 Å². The molecule has 1 aromatic heterocycles. The molecule has 0 radical (unpaired) electrons. The first-order valence-corrected chi connectivity index (χ1v) is 10.3. The Balaban J connectivity index is 1.39. The predicted octanol–water partition coefficient (Wildman–Crippen LogP) is 1.45. The molecule has 29 heavy (non-hydrogen) atoms. The molecule has 2 amide bonds. The summed E-state index contributed by atoms with van der Waals surface area (Å²) in [6.45, 7) is 2.06. The summed E-state index contributed by atoms with van der Waals surface area (Å²) in [5.41, 5.74) is 1.55. The highest BCUT2D eigenvalue weighted by atomic mass is 16.5. The quantitative estimate of drug-likeness (QED) is 0.841.